The number of carbonyl (C=O) groups is 3. The summed E-state index contributed by atoms with van der Waals surface area (Å²) in [5, 5.41) is 2.28. The first-order chi connectivity index (χ1) is 8.76. The van der Waals surface area contributed by atoms with Crippen LogP contribution in [0, 0.1) is 10.8 Å². The van der Waals surface area contributed by atoms with Gasteiger partial charge in [0.2, 0.25) is 11.8 Å². The lowest BCUT2D eigenvalue weighted by molar-refractivity contribution is -0.150. The van der Waals surface area contributed by atoms with E-state index in [9.17, 15) is 14.4 Å². The van der Waals surface area contributed by atoms with Gasteiger partial charge in [0, 0.05) is 6.54 Å². The summed E-state index contributed by atoms with van der Waals surface area (Å²) in [5.74, 6) is -0.888. The van der Waals surface area contributed by atoms with Gasteiger partial charge in [-0.3, -0.25) is 19.8 Å². The fourth-order valence-corrected chi connectivity index (χ4v) is 2.94. The first-order valence-electron chi connectivity index (χ1n) is 6.94. The molecule has 0 aromatic rings. The van der Waals surface area contributed by atoms with Crippen LogP contribution in [0.15, 0.2) is 0 Å². The van der Waals surface area contributed by atoms with Gasteiger partial charge in [0.05, 0.1) is 0 Å². The number of carbonyl (C=O) groups excluding carboxylic acids is 3. The zero-order valence-corrected chi connectivity index (χ0v) is 11.9. The second kappa shape index (κ2) is 4.62. The van der Waals surface area contributed by atoms with E-state index in [2.05, 4.69) is 12.2 Å². The van der Waals surface area contributed by atoms with Gasteiger partial charge in [-0.25, -0.2) is 4.79 Å². The Hall–Kier alpha value is -1.39. The molecule has 0 bridgehead atoms. The Labute approximate surface area is 113 Å². The van der Waals surface area contributed by atoms with Gasteiger partial charge >= 0.3 is 6.03 Å². The Morgan fingerprint density at radius 3 is 2.21 bits per heavy atom. The van der Waals surface area contributed by atoms with Crippen molar-refractivity contribution in [2.24, 2.45) is 10.8 Å². The van der Waals surface area contributed by atoms with Crippen molar-refractivity contribution >= 4 is 17.8 Å². The standard InChI is InChI=1S/C14H22N2O3/c1-13(2)10(17)15-12(19)16(11(13)18)9-14(3)7-5-4-6-8-14/h4-9H2,1-3H3,(H,15,17,19). The molecule has 1 N–H and O–H groups in total. The fraction of sp³-hybridized carbons (Fsp3) is 0.786. The lowest BCUT2D eigenvalue weighted by Crippen LogP contribution is -2.63. The molecule has 0 aromatic heterocycles. The second-order valence-corrected chi connectivity index (χ2v) is 6.65. The highest BCUT2D eigenvalue weighted by Gasteiger charge is 2.48. The van der Waals surface area contributed by atoms with Crippen molar-refractivity contribution in [3.8, 4) is 0 Å². The number of hydrogen-bond donors (Lipinski definition) is 1. The zero-order valence-electron chi connectivity index (χ0n) is 11.9. The van der Waals surface area contributed by atoms with E-state index in [1.807, 2.05) is 0 Å². The minimum atomic E-state index is -1.15. The van der Waals surface area contributed by atoms with Crippen molar-refractivity contribution < 1.29 is 14.4 Å². The van der Waals surface area contributed by atoms with E-state index in [0.717, 1.165) is 25.7 Å². The van der Waals surface area contributed by atoms with Crippen LogP contribution in [0.25, 0.3) is 0 Å². The molecule has 0 radical (unpaired) electrons. The Bertz CT molecular complexity index is 422. The molecule has 0 atom stereocenters. The third-order valence-corrected chi connectivity index (χ3v) is 4.41. The highest BCUT2D eigenvalue weighted by atomic mass is 16.2. The summed E-state index contributed by atoms with van der Waals surface area (Å²) in [6, 6.07) is -0.568. The molecule has 1 heterocycles. The number of nitrogens with one attached hydrogen (secondary N) is 1. The molecule has 4 amide bonds. The first-order valence-corrected chi connectivity index (χ1v) is 6.94. The van der Waals surface area contributed by atoms with Crippen LogP contribution in [-0.2, 0) is 9.59 Å². The van der Waals surface area contributed by atoms with Gasteiger partial charge in [0.25, 0.3) is 0 Å². The van der Waals surface area contributed by atoms with Gasteiger partial charge in [-0.2, -0.15) is 0 Å². The minimum Gasteiger partial charge on any atom is -0.277 e. The number of urea groups is 1. The highest BCUT2D eigenvalue weighted by Crippen LogP contribution is 2.37. The van der Waals surface area contributed by atoms with Gasteiger partial charge in [0.1, 0.15) is 5.41 Å². The molecular weight excluding hydrogens is 244 g/mol. The van der Waals surface area contributed by atoms with Crippen molar-refractivity contribution in [1.82, 2.24) is 10.2 Å². The van der Waals surface area contributed by atoms with Crippen LogP contribution in [-0.4, -0.2) is 29.3 Å². The molecule has 1 aliphatic heterocycles. The second-order valence-electron chi connectivity index (χ2n) is 6.65. The van der Waals surface area contributed by atoms with Crippen LogP contribution in [0.3, 0.4) is 0 Å². The van der Waals surface area contributed by atoms with Crippen molar-refractivity contribution in [1.29, 1.82) is 0 Å². The summed E-state index contributed by atoms with van der Waals surface area (Å²) in [6.07, 6.45) is 5.56. The predicted molar refractivity (Wildman–Crippen MR) is 70.2 cm³/mol. The van der Waals surface area contributed by atoms with Gasteiger partial charge in [-0.15, -0.1) is 0 Å². The Morgan fingerprint density at radius 1 is 1.05 bits per heavy atom. The topological polar surface area (TPSA) is 66.5 Å². The van der Waals surface area contributed by atoms with E-state index in [4.69, 9.17) is 0 Å². The SMILES string of the molecule is CC1(CN2C(=O)NC(=O)C(C)(C)C2=O)CCCCC1. The molecule has 0 spiro atoms. The fourth-order valence-electron chi connectivity index (χ4n) is 2.94. The van der Waals surface area contributed by atoms with Crippen molar-refractivity contribution in [2.75, 3.05) is 6.54 Å². The van der Waals surface area contributed by atoms with E-state index in [1.54, 1.807) is 13.8 Å². The molecule has 0 aromatic carbocycles. The highest BCUT2D eigenvalue weighted by molar-refractivity contribution is 6.18. The van der Waals surface area contributed by atoms with Gasteiger partial charge < -0.3 is 0 Å². The number of nitrogens with zero attached hydrogens (tertiary/aromatic N) is 1. The smallest absolute Gasteiger partial charge is 0.277 e. The van der Waals surface area contributed by atoms with E-state index in [0.29, 0.717) is 6.54 Å². The largest absolute Gasteiger partial charge is 0.330 e. The van der Waals surface area contributed by atoms with Gasteiger partial charge in [-0.05, 0) is 32.1 Å². The van der Waals surface area contributed by atoms with Crippen LogP contribution in [0.2, 0.25) is 0 Å². The number of barbiturate groups is 1. The van der Waals surface area contributed by atoms with Crippen LogP contribution < -0.4 is 5.32 Å². The van der Waals surface area contributed by atoms with E-state index in [-0.39, 0.29) is 11.3 Å². The van der Waals surface area contributed by atoms with Crippen LogP contribution in [0.1, 0.15) is 52.9 Å². The minimum absolute atomic E-state index is 0.0122. The van der Waals surface area contributed by atoms with Crippen LogP contribution in [0.4, 0.5) is 4.79 Å². The van der Waals surface area contributed by atoms with Crippen molar-refractivity contribution in [3.63, 3.8) is 0 Å². The average Bonchev–Trinajstić information content (AvgIpc) is 2.34. The van der Waals surface area contributed by atoms with E-state index >= 15 is 0 Å². The number of imide groups is 2. The molecule has 2 aliphatic rings. The maximum Gasteiger partial charge on any atom is 0.330 e. The van der Waals surface area contributed by atoms with Crippen LogP contribution in [0.5, 0.6) is 0 Å². The summed E-state index contributed by atoms with van der Waals surface area (Å²) in [4.78, 5) is 37.1. The Kier molecular flexibility index (Phi) is 3.41. The molecule has 2 fully saturated rings. The monoisotopic (exact) mass is 266 g/mol. The van der Waals surface area contributed by atoms with Gasteiger partial charge in [0.15, 0.2) is 0 Å². The molecular formula is C14H22N2O3. The number of hydrogen-bond acceptors (Lipinski definition) is 3. The van der Waals surface area contributed by atoms with Gasteiger partial charge in [-0.1, -0.05) is 26.2 Å². The predicted octanol–water partition coefficient (Wildman–Crippen LogP) is 2.06. The number of rotatable bonds is 2. The summed E-state index contributed by atoms with van der Waals surface area (Å²) < 4.78 is 0. The molecule has 5 heteroatoms. The third-order valence-electron chi connectivity index (χ3n) is 4.41. The first kappa shape index (κ1) is 14.0. The van der Waals surface area contributed by atoms with E-state index in [1.165, 1.54) is 11.3 Å². The lowest BCUT2D eigenvalue weighted by atomic mass is 9.75. The normalized spacial score (nSPS) is 26.3. The molecule has 19 heavy (non-hydrogen) atoms. The molecule has 0 unspecified atom stereocenters. The quantitative estimate of drug-likeness (QED) is 0.778. The van der Waals surface area contributed by atoms with Crippen molar-refractivity contribution in [2.45, 2.75) is 52.9 Å². The summed E-state index contributed by atoms with van der Waals surface area (Å²) in [7, 11) is 0. The maximum absolute atomic E-state index is 12.3. The zero-order chi connectivity index (χ0) is 14.3. The number of amides is 4. The molecule has 1 aliphatic carbocycles. The average molecular weight is 266 g/mol. The summed E-state index contributed by atoms with van der Waals surface area (Å²) >= 11 is 0. The van der Waals surface area contributed by atoms with Crippen LogP contribution >= 0.6 is 0 Å². The molecule has 1 saturated heterocycles. The van der Waals surface area contributed by atoms with E-state index < -0.39 is 17.4 Å². The molecule has 1 saturated carbocycles. The summed E-state index contributed by atoms with van der Waals surface area (Å²) in [6.45, 7) is 5.66. The lowest BCUT2D eigenvalue weighted by Gasteiger charge is -2.41. The van der Waals surface area contributed by atoms with Crippen molar-refractivity contribution in [3.05, 3.63) is 0 Å². The molecule has 5 nitrogen and oxygen atoms in total. The molecule has 106 valence electrons. The maximum atomic E-state index is 12.3. The third kappa shape index (κ3) is 2.51. The Morgan fingerprint density at radius 2 is 1.63 bits per heavy atom. The Balaban J connectivity index is 2.16. The molecule has 2 rings (SSSR count). The summed E-state index contributed by atoms with van der Waals surface area (Å²) in [5.41, 5.74) is -1.17.